The van der Waals surface area contributed by atoms with E-state index in [2.05, 4.69) is 10.2 Å². The molecule has 2 bridgehead atoms. The summed E-state index contributed by atoms with van der Waals surface area (Å²) >= 11 is 0. The van der Waals surface area contributed by atoms with Crippen LogP contribution in [0.15, 0.2) is 24.3 Å². The first kappa shape index (κ1) is 13.8. The Morgan fingerprint density at radius 3 is 2.80 bits per heavy atom. The van der Waals surface area contributed by atoms with Gasteiger partial charge < -0.3 is 15.0 Å². The highest BCUT2D eigenvalue weighted by molar-refractivity contribution is 5.21. The third-order valence-electron chi connectivity index (χ3n) is 4.31. The molecule has 0 amide bonds. The van der Waals surface area contributed by atoms with E-state index in [1.807, 2.05) is 0 Å². The number of nitrogens with one attached hydrogen (secondary N) is 1. The Labute approximate surface area is 120 Å². The summed E-state index contributed by atoms with van der Waals surface area (Å²) in [6.07, 6.45) is 4.98. The summed E-state index contributed by atoms with van der Waals surface area (Å²) in [6, 6.07) is 7.69. The van der Waals surface area contributed by atoms with Crippen LogP contribution >= 0.6 is 0 Å². The van der Waals surface area contributed by atoms with Gasteiger partial charge in [0.05, 0.1) is 6.61 Å². The highest BCUT2D eigenvalue weighted by Crippen LogP contribution is 2.20. The molecular weight excluding hydrogens is 255 g/mol. The molecule has 0 radical (unpaired) electrons. The maximum Gasteiger partial charge on any atom is 0.123 e. The molecule has 0 aromatic heterocycles. The van der Waals surface area contributed by atoms with E-state index in [4.69, 9.17) is 4.74 Å². The lowest BCUT2D eigenvalue weighted by Crippen LogP contribution is -2.36. The summed E-state index contributed by atoms with van der Waals surface area (Å²) in [5.41, 5.74) is 0. The largest absolute Gasteiger partial charge is 0.494 e. The van der Waals surface area contributed by atoms with Gasteiger partial charge in [-0.1, -0.05) is 0 Å². The number of ether oxygens (including phenoxy) is 1. The molecule has 2 saturated heterocycles. The first-order valence-electron chi connectivity index (χ1n) is 7.66. The summed E-state index contributed by atoms with van der Waals surface area (Å²) in [5.74, 6) is 0.535. The number of likely N-dealkylation sites (tertiary alicyclic amines) is 1. The second-order valence-electron chi connectivity index (χ2n) is 5.88. The Balaban J connectivity index is 1.36. The quantitative estimate of drug-likeness (QED) is 0.837. The van der Waals surface area contributed by atoms with Crippen LogP contribution in [-0.4, -0.2) is 43.2 Å². The average Bonchev–Trinajstić information content (AvgIpc) is 2.78. The minimum atomic E-state index is -0.218. The number of hydrogen-bond acceptors (Lipinski definition) is 3. The van der Waals surface area contributed by atoms with E-state index in [1.54, 1.807) is 12.1 Å². The summed E-state index contributed by atoms with van der Waals surface area (Å²) in [7, 11) is 0. The van der Waals surface area contributed by atoms with E-state index in [-0.39, 0.29) is 5.82 Å². The first-order chi connectivity index (χ1) is 9.79. The molecule has 3 nitrogen and oxygen atoms in total. The van der Waals surface area contributed by atoms with Crippen molar-refractivity contribution in [2.45, 2.75) is 37.8 Å². The van der Waals surface area contributed by atoms with Crippen molar-refractivity contribution in [2.75, 3.05) is 26.2 Å². The standard InChI is InChI=1S/C16H23FN2O/c17-13-2-6-16(7-3-13)20-11-1-9-19-10-8-14-4-5-15(12-19)18-14/h2-3,6-7,14-15,18H,1,4-5,8-12H2. The van der Waals surface area contributed by atoms with Gasteiger partial charge in [0.15, 0.2) is 0 Å². The zero-order chi connectivity index (χ0) is 13.8. The number of nitrogens with zero attached hydrogens (tertiary/aromatic N) is 1. The molecule has 1 aromatic rings. The summed E-state index contributed by atoms with van der Waals surface area (Å²) in [5, 5.41) is 3.70. The monoisotopic (exact) mass is 278 g/mol. The van der Waals surface area contributed by atoms with Gasteiger partial charge in [-0.15, -0.1) is 0 Å². The van der Waals surface area contributed by atoms with Crippen molar-refractivity contribution >= 4 is 0 Å². The highest BCUT2D eigenvalue weighted by atomic mass is 19.1. The van der Waals surface area contributed by atoms with Crippen molar-refractivity contribution in [1.29, 1.82) is 0 Å². The van der Waals surface area contributed by atoms with Crippen LogP contribution in [0.3, 0.4) is 0 Å². The van der Waals surface area contributed by atoms with E-state index in [0.717, 1.165) is 24.8 Å². The molecule has 2 aliphatic rings. The minimum absolute atomic E-state index is 0.218. The Morgan fingerprint density at radius 1 is 1.15 bits per heavy atom. The minimum Gasteiger partial charge on any atom is -0.494 e. The second-order valence-corrected chi connectivity index (χ2v) is 5.88. The molecule has 110 valence electrons. The molecule has 2 fully saturated rings. The fraction of sp³-hybridized carbons (Fsp3) is 0.625. The summed E-state index contributed by atoms with van der Waals surface area (Å²) in [6.45, 7) is 4.16. The highest BCUT2D eigenvalue weighted by Gasteiger charge is 2.28. The van der Waals surface area contributed by atoms with E-state index in [1.165, 1.54) is 44.5 Å². The van der Waals surface area contributed by atoms with Crippen molar-refractivity contribution in [1.82, 2.24) is 10.2 Å². The van der Waals surface area contributed by atoms with Crippen molar-refractivity contribution in [3.8, 4) is 5.75 Å². The SMILES string of the molecule is Fc1ccc(OCCCN2CCC3CCC(C2)N3)cc1. The molecule has 2 unspecified atom stereocenters. The number of fused-ring (bicyclic) bond motifs is 2. The molecule has 20 heavy (non-hydrogen) atoms. The lowest BCUT2D eigenvalue weighted by atomic mass is 10.1. The normalized spacial score (nSPS) is 26.4. The number of halogens is 1. The van der Waals surface area contributed by atoms with E-state index in [0.29, 0.717) is 12.6 Å². The van der Waals surface area contributed by atoms with Crippen LogP contribution in [0.5, 0.6) is 5.75 Å². The number of benzene rings is 1. The smallest absolute Gasteiger partial charge is 0.123 e. The molecule has 1 aromatic carbocycles. The van der Waals surface area contributed by atoms with E-state index >= 15 is 0 Å². The molecule has 2 aliphatic heterocycles. The number of rotatable bonds is 5. The Morgan fingerprint density at radius 2 is 1.95 bits per heavy atom. The van der Waals surface area contributed by atoms with E-state index < -0.39 is 0 Å². The summed E-state index contributed by atoms with van der Waals surface area (Å²) in [4.78, 5) is 2.55. The average molecular weight is 278 g/mol. The third kappa shape index (κ3) is 3.70. The maximum atomic E-state index is 12.8. The fourth-order valence-corrected chi connectivity index (χ4v) is 3.23. The van der Waals surface area contributed by atoms with Crippen LogP contribution < -0.4 is 10.1 Å². The molecule has 2 atom stereocenters. The van der Waals surface area contributed by atoms with Crippen LogP contribution in [0.1, 0.15) is 25.7 Å². The van der Waals surface area contributed by atoms with Crippen LogP contribution in [-0.2, 0) is 0 Å². The van der Waals surface area contributed by atoms with Crippen molar-refractivity contribution in [3.05, 3.63) is 30.1 Å². The molecule has 0 spiro atoms. The fourth-order valence-electron chi connectivity index (χ4n) is 3.23. The van der Waals surface area contributed by atoms with Crippen LogP contribution in [0.4, 0.5) is 4.39 Å². The summed E-state index contributed by atoms with van der Waals surface area (Å²) < 4.78 is 18.4. The van der Waals surface area contributed by atoms with Crippen molar-refractivity contribution in [2.24, 2.45) is 0 Å². The van der Waals surface area contributed by atoms with Gasteiger partial charge >= 0.3 is 0 Å². The molecule has 0 aliphatic carbocycles. The maximum absolute atomic E-state index is 12.8. The molecule has 0 saturated carbocycles. The predicted molar refractivity (Wildman–Crippen MR) is 77.5 cm³/mol. The molecule has 4 heteroatoms. The Hall–Kier alpha value is -1.13. The second kappa shape index (κ2) is 6.55. The third-order valence-corrected chi connectivity index (χ3v) is 4.31. The van der Waals surface area contributed by atoms with Crippen LogP contribution in [0.2, 0.25) is 0 Å². The van der Waals surface area contributed by atoms with Gasteiger partial charge in [0, 0.05) is 25.2 Å². The zero-order valence-electron chi connectivity index (χ0n) is 11.9. The molecular formula is C16H23FN2O. The van der Waals surface area contributed by atoms with Gasteiger partial charge in [0.1, 0.15) is 11.6 Å². The van der Waals surface area contributed by atoms with Gasteiger partial charge in [0.25, 0.3) is 0 Å². The zero-order valence-corrected chi connectivity index (χ0v) is 11.9. The first-order valence-corrected chi connectivity index (χ1v) is 7.66. The number of hydrogen-bond donors (Lipinski definition) is 1. The van der Waals surface area contributed by atoms with Gasteiger partial charge in [-0.25, -0.2) is 4.39 Å². The van der Waals surface area contributed by atoms with Crippen LogP contribution in [0, 0.1) is 5.82 Å². The van der Waals surface area contributed by atoms with Gasteiger partial charge in [-0.3, -0.25) is 0 Å². The van der Waals surface area contributed by atoms with Gasteiger partial charge in [-0.2, -0.15) is 0 Å². The van der Waals surface area contributed by atoms with Gasteiger partial charge in [0.2, 0.25) is 0 Å². The molecule has 3 rings (SSSR count). The molecule has 1 N–H and O–H groups in total. The van der Waals surface area contributed by atoms with Crippen molar-refractivity contribution < 1.29 is 9.13 Å². The van der Waals surface area contributed by atoms with Gasteiger partial charge in [-0.05, 0) is 56.5 Å². The van der Waals surface area contributed by atoms with Crippen LogP contribution in [0.25, 0.3) is 0 Å². The Kier molecular flexibility index (Phi) is 4.53. The topological polar surface area (TPSA) is 24.5 Å². The molecule has 2 heterocycles. The predicted octanol–water partition coefficient (Wildman–Crippen LogP) is 2.42. The van der Waals surface area contributed by atoms with Crippen molar-refractivity contribution in [3.63, 3.8) is 0 Å². The Bertz CT molecular complexity index is 423. The lowest BCUT2D eigenvalue weighted by Gasteiger charge is -2.23. The lowest BCUT2D eigenvalue weighted by molar-refractivity contribution is 0.225. The van der Waals surface area contributed by atoms with E-state index in [9.17, 15) is 4.39 Å².